The van der Waals surface area contributed by atoms with Gasteiger partial charge in [0.2, 0.25) is 0 Å². The maximum Gasteiger partial charge on any atom is 0.171 e. The highest BCUT2D eigenvalue weighted by molar-refractivity contribution is 7.80. The van der Waals surface area contributed by atoms with Gasteiger partial charge in [0, 0.05) is 22.3 Å². The molecule has 1 aliphatic rings. The van der Waals surface area contributed by atoms with E-state index in [1.807, 2.05) is 18.3 Å². The lowest BCUT2D eigenvalue weighted by molar-refractivity contribution is 0.687. The largest absolute Gasteiger partial charge is 0.360 e. The lowest BCUT2D eigenvalue weighted by atomic mass is 10.2. The first-order chi connectivity index (χ1) is 10.1. The zero-order valence-corrected chi connectivity index (χ0v) is 13.5. The number of anilines is 1. The van der Waals surface area contributed by atoms with Gasteiger partial charge in [-0.1, -0.05) is 29.3 Å². The Kier molecular flexibility index (Phi) is 4.33. The number of halogens is 2. The van der Waals surface area contributed by atoms with Crippen LogP contribution in [0, 0.1) is 0 Å². The molecule has 0 saturated heterocycles. The average Bonchev–Trinajstić information content (AvgIpc) is 3.12. The van der Waals surface area contributed by atoms with E-state index in [2.05, 4.69) is 15.7 Å². The molecule has 1 aromatic heterocycles. The van der Waals surface area contributed by atoms with Gasteiger partial charge in [-0.25, -0.2) is 0 Å². The molecule has 0 radical (unpaired) electrons. The van der Waals surface area contributed by atoms with Gasteiger partial charge in [0.1, 0.15) is 0 Å². The van der Waals surface area contributed by atoms with Crippen LogP contribution in [0.25, 0.3) is 0 Å². The van der Waals surface area contributed by atoms with E-state index in [0.29, 0.717) is 27.7 Å². The summed E-state index contributed by atoms with van der Waals surface area (Å²) in [6.07, 6.45) is 6.02. The van der Waals surface area contributed by atoms with Crippen molar-refractivity contribution in [3.63, 3.8) is 0 Å². The molecule has 1 saturated carbocycles. The Morgan fingerprint density at radius 1 is 1.38 bits per heavy atom. The molecule has 0 atom stereocenters. The first kappa shape index (κ1) is 14.6. The summed E-state index contributed by atoms with van der Waals surface area (Å²) in [5, 5.41) is 12.6. The van der Waals surface area contributed by atoms with E-state index in [1.165, 1.54) is 12.8 Å². The third kappa shape index (κ3) is 4.09. The molecule has 0 aliphatic heterocycles. The van der Waals surface area contributed by atoms with Crippen molar-refractivity contribution in [2.75, 3.05) is 5.32 Å². The maximum absolute atomic E-state index is 6.16. The molecule has 1 fully saturated rings. The van der Waals surface area contributed by atoms with E-state index in [4.69, 9.17) is 35.4 Å². The quantitative estimate of drug-likeness (QED) is 0.833. The molecule has 0 amide bonds. The molecule has 2 N–H and O–H groups in total. The number of benzene rings is 1. The normalized spacial score (nSPS) is 14.0. The highest BCUT2D eigenvalue weighted by atomic mass is 35.5. The fraction of sp³-hybridized carbons (Fsp3) is 0.286. The SMILES string of the molecule is S=C(Nc1cnn(Cc2ccc(Cl)cc2Cl)c1)NC1CC1. The summed E-state index contributed by atoms with van der Waals surface area (Å²) in [6, 6.07) is 5.99. The van der Waals surface area contributed by atoms with E-state index >= 15 is 0 Å². The van der Waals surface area contributed by atoms with Gasteiger partial charge in [-0.05, 0) is 42.8 Å². The second-order valence-electron chi connectivity index (χ2n) is 5.04. The molecule has 1 aromatic carbocycles. The number of nitrogens with one attached hydrogen (secondary N) is 2. The summed E-state index contributed by atoms with van der Waals surface area (Å²) in [4.78, 5) is 0. The van der Waals surface area contributed by atoms with Crippen LogP contribution >= 0.6 is 35.4 Å². The van der Waals surface area contributed by atoms with Gasteiger partial charge in [-0.3, -0.25) is 4.68 Å². The fourth-order valence-electron chi connectivity index (χ4n) is 1.92. The summed E-state index contributed by atoms with van der Waals surface area (Å²) in [5.41, 5.74) is 1.83. The highest BCUT2D eigenvalue weighted by Crippen LogP contribution is 2.22. The van der Waals surface area contributed by atoms with Crippen molar-refractivity contribution in [3.8, 4) is 0 Å². The molecule has 1 aliphatic carbocycles. The summed E-state index contributed by atoms with van der Waals surface area (Å²) in [7, 11) is 0. The smallest absolute Gasteiger partial charge is 0.171 e. The molecule has 4 nitrogen and oxygen atoms in total. The topological polar surface area (TPSA) is 41.9 Å². The van der Waals surface area contributed by atoms with E-state index in [-0.39, 0.29) is 0 Å². The van der Waals surface area contributed by atoms with Crippen LogP contribution in [0.5, 0.6) is 0 Å². The minimum Gasteiger partial charge on any atom is -0.360 e. The number of hydrogen-bond acceptors (Lipinski definition) is 2. The molecule has 3 rings (SSSR count). The first-order valence-electron chi connectivity index (χ1n) is 6.64. The second-order valence-corrected chi connectivity index (χ2v) is 6.29. The summed E-state index contributed by atoms with van der Waals surface area (Å²) in [5.74, 6) is 0. The first-order valence-corrected chi connectivity index (χ1v) is 7.80. The monoisotopic (exact) mass is 340 g/mol. The van der Waals surface area contributed by atoms with Crippen LogP contribution in [0.15, 0.2) is 30.6 Å². The average molecular weight is 341 g/mol. The third-order valence-corrected chi connectivity index (χ3v) is 3.96. The van der Waals surface area contributed by atoms with Gasteiger partial charge in [-0.15, -0.1) is 0 Å². The Hall–Kier alpha value is -1.30. The number of nitrogens with zero attached hydrogens (tertiary/aromatic N) is 2. The molecule has 2 aromatic rings. The maximum atomic E-state index is 6.16. The van der Waals surface area contributed by atoms with Crippen molar-refractivity contribution >= 4 is 46.2 Å². The molecule has 21 heavy (non-hydrogen) atoms. The van der Waals surface area contributed by atoms with Crippen LogP contribution < -0.4 is 10.6 Å². The van der Waals surface area contributed by atoms with Crippen molar-refractivity contribution in [1.29, 1.82) is 0 Å². The number of thiocarbonyl (C=S) groups is 1. The fourth-order valence-corrected chi connectivity index (χ4v) is 2.67. The Morgan fingerprint density at radius 2 is 2.19 bits per heavy atom. The molecule has 110 valence electrons. The molecular formula is C14H14Cl2N4S. The van der Waals surface area contributed by atoms with Crippen molar-refractivity contribution in [2.45, 2.75) is 25.4 Å². The number of rotatable bonds is 4. The Balaban J connectivity index is 1.62. The van der Waals surface area contributed by atoms with Gasteiger partial charge < -0.3 is 10.6 Å². The summed E-state index contributed by atoms with van der Waals surface area (Å²) in [6.45, 7) is 0.584. The van der Waals surface area contributed by atoms with Gasteiger partial charge in [0.05, 0.1) is 18.4 Å². The van der Waals surface area contributed by atoms with Crippen LogP contribution in [0.1, 0.15) is 18.4 Å². The molecule has 0 unspecified atom stereocenters. The Bertz CT molecular complexity index is 667. The molecule has 1 heterocycles. The molecule has 7 heteroatoms. The van der Waals surface area contributed by atoms with E-state index < -0.39 is 0 Å². The van der Waals surface area contributed by atoms with Crippen LogP contribution in [-0.2, 0) is 6.54 Å². The standard InChI is InChI=1S/C14H14Cl2N4S/c15-10-2-1-9(13(16)5-10)7-20-8-12(6-17-20)19-14(21)18-11-3-4-11/h1-2,5-6,8,11H,3-4,7H2,(H2,18,19,21). The van der Waals surface area contributed by atoms with Crippen LogP contribution in [0.3, 0.4) is 0 Å². The lowest BCUT2D eigenvalue weighted by Gasteiger charge is -2.07. The van der Waals surface area contributed by atoms with E-state index in [9.17, 15) is 0 Å². The summed E-state index contributed by atoms with van der Waals surface area (Å²) < 4.78 is 1.80. The minimum atomic E-state index is 0.535. The van der Waals surface area contributed by atoms with Gasteiger partial charge >= 0.3 is 0 Å². The van der Waals surface area contributed by atoms with E-state index in [1.54, 1.807) is 16.9 Å². The van der Waals surface area contributed by atoms with Crippen LogP contribution in [0.2, 0.25) is 10.0 Å². The van der Waals surface area contributed by atoms with Gasteiger partial charge in [0.15, 0.2) is 5.11 Å². The van der Waals surface area contributed by atoms with Crippen LogP contribution in [0.4, 0.5) is 5.69 Å². The van der Waals surface area contributed by atoms with Gasteiger partial charge in [-0.2, -0.15) is 5.10 Å². The predicted octanol–water partition coefficient (Wildman–Crippen LogP) is 3.69. The van der Waals surface area contributed by atoms with Crippen molar-refractivity contribution in [2.24, 2.45) is 0 Å². The Labute approximate surface area is 138 Å². The summed E-state index contributed by atoms with van der Waals surface area (Å²) >= 11 is 17.3. The Morgan fingerprint density at radius 3 is 2.90 bits per heavy atom. The number of aromatic nitrogens is 2. The zero-order valence-electron chi connectivity index (χ0n) is 11.1. The minimum absolute atomic E-state index is 0.535. The predicted molar refractivity (Wildman–Crippen MR) is 90.2 cm³/mol. The van der Waals surface area contributed by atoms with Crippen molar-refractivity contribution < 1.29 is 0 Å². The second kappa shape index (κ2) is 6.22. The highest BCUT2D eigenvalue weighted by Gasteiger charge is 2.21. The third-order valence-electron chi connectivity index (χ3n) is 3.15. The molecular weight excluding hydrogens is 327 g/mol. The van der Waals surface area contributed by atoms with E-state index in [0.717, 1.165) is 11.3 Å². The van der Waals surface area contributed by atoms with Gasteiger partial charge in [0.25, 0.3) is 0 Å². The molecule has 0 spiro atoms. The number of hydrogen-bond donors (Lipinski definition) is 2. The van der Waals surface area contributed by atoms with Crippen molar-refractivity contribution in [3.05, 3.63) is 46.2 Å². The van der Waals surface area contributed by atoms with Crippen LogP contribution in [-0.4, -0.2) is 20.9 Å². The lowest BCUT2D eigenvalue weighted by Crippen LogP contribution is -2.29. The molecule has 0 bridgehead atoms. The van der Waals surface area contributed by atoms with Crippen molar-refractivity contribution in [1.82, 2.24) is 15.1 Å². The zero-order chi connectivity index (χ0) is 14.8.